The van der Waals surface area contributed by atoms with Crippen molar-refractivity contribution < 1.29 is 14.4 Å². The van der Waals surface area contributed by atoms with E-state index in [1.165, 1.54) is 5.01 Å². The second-order valence-corrected chi connectivity index (χ2v) is 6.37. The van der Waals surface area contributed by atoms with Crippen molar-refractivity contribution in [3.8, 4) is 0 Å². The zero-order valence-corrected chi connectivity index (χ0v) is 15.2. The van der Waals surface area contributed by atoms with Gasteiger partial charge in [0.15, 0.2) is 6.29 Å². The lowest BCUT2D eigenvalue weighted by molar-refractivity contribution is -0.125. The molecule has 7 N–H and O–H groups in total. The molecule has 2 heterocycles. The van der Waals surface area contributed by atoms with Crippen LogP contribution in [0.1, 0.15) is 13.3 Å². The third-order valence-electron chi connectivity index (χ3n) is 4.39. The van der Waals surface area contributed by atoms with Gasteiger partial charge in [-0.05, 0) is 31.2 Å². The highest BCUT2D eigenvalue weighted by atomic mass is 16.2. The molecule has 146 valence electrons. The minimum absolute atomic E-state index is 0.123. The van der Waals surface area contributed by atoms with Crippen molar-refractivity contribution in [3.63, 3.8) is 0 Å². The van der Waals surface area contributed by atoms with Crippen LogP contribution in [0, 0.1) is 0 Å². The highest BCUT2D eigenvalue weighted by Gasteiger charge is 2.33. The zero-order valence-electron chi connectivity index (χ0n) is 15.2. The number of carbonyl (C=O) groups excluding carboxylic acids is 3. The molecule has 1 aromatic carbocycles. The molecule has 3 rings (SSSR count). The van der Waals surface area contributed by atoms with Crippen molar-refractivity contribution in [3.05, 3.63) is 47.9 Å². The summed E-state index contributed by atoms with van der Waals surface area (Å²) in [6.45, 7) is 1.74. The Labute approximate surface area is 160 Å². The molecule has 0 radical (unpaired) electrons. The second-order valence-electron chi connectivity index (χ2n) is 6.37. The van der Waals surface area contributed by atoms with E-state index in [9.17, 15) is 14.4 Å². The number of hydrogen-bond acceptors (Lipinski definition) is 8. The highest BCUT2D eigenvalue weighted by Crippen LogP contribution is 2.20. The number of amides is 2. The molecule has 2 amide bonds. The number of pyridine rings is 1. The molecule has 1 unspecified atom stereocenters. The van der Waals surface area contributed by atoms with Crippen LogP contribution < -0.4 is 27.5 Å². The molecule has 0 saturated carbocycles. The van der Waals surface area contributed by atoms with E-state index in [1.54, 1.807) is 19.2 Å². The van der Waals surface area contributed by atoms with Crippen molar-refractivity contribution in [1.29, 1.82) is 0 Å². The van der Waals surface area contributed by atoms with Crippen LogP contribution in [0.25, 0.3) is 10.9 Å². The molecule has 1 aromatic heterocycles. The Morgan fingerprint density at radius 2 is 2.18 bits per heavy atom. The molecule has 10 nitrogen and oxygen atoms in total. The monoisotopic (exact) mass is 383 g/mol. The number of nitrogens with two attached hydrogens (primary N) is 2. The number of nitrogens with zero attached hydrogens (tertiary/aromatic N) is 2. The van der Waals surface area contributed by atoms with Gasteiger partial charge in [0.2, 0.25) is 0 Å². The lowest BCUT2D eigenvalue weighted by atomic mass is 10.1. The summed E-state index contributed by atoms with van der Waals surface area (Å²) >= 11 is 0. The van der Waals surface area contributed by atoms with E-state index in [4.69, 9.17) is 11.6 Å². The molecule has 0 bridgehead atoms. The number of anilines is 1. The second kappa shape index (κ2) is 8.03. The topological polar surface area (TPSA) is 155 Å². The summed E-state index contributed by atoms with van der Waals surface area (Å²) in [7, 11) is 0. The number of benzene rings is 1. The van der Waals surface area contributed by atoms with E-state index < -0.39 is 18.1 Å². The van der Waals surface area contributed by atoms with Crippen LogP contribution in [0.15, 0.2) is 47.9 Å². The number of hydrogen-bond donors (Lipinski definition) is 5. The van der Waals surface area contributed by atoms with Gasteiger partial charge in [0.1, 0.15) is 17.7 Å². The van der Waals surface area contributed by atoms with E-state index in [2.05, 4.69) is 20.9 Å². The number of fused-ring (bicyclic) bond motifs is 1. The van der Waals surface area contributed by atoms with Gasteiger partial charge < -0.3 is 26.5 Å². The average molecular weight is 383 g/mol. The fraction of sp³-hybridized carbons (Fsp3) is 0.222. The van der Waals surface area contributed by atoms with Crippen LogP contribution in [-0.2, 0) is 14.4 Å². The van der Waals surface area contributed by atoms with E-state index >= 15 is 0 Å². The SMILES string of the molecule is CC(CC=O)N(N)[C@H]1NC(=O)C(C(N)=O)=C(Nc2ccc3ncccc3c2)N1. The van der Waals surface area contributed by atoms with E-state index in [-0.39, 0.29) is 23.9 Å². The van der Waals surface area contributed by atoms with Gasteiger partial charge in [0, 0.05) is 29.7 Å². The first-order chi connectivity index (χ1) is 13.4. The van der Waals surface area contributed by atoms with Crippen molar-refractivity contribution >= 4 is 34.7 Å². The molecule has 2 aromatic rings. The first-order valence-electron chi connectivity index (χ1n) is 8.60. The number of rotatable bonds is 7. The molecule has 1 aliphatic rings. The Morgan fingerprint density at radius 3 is 2.89 bits per heavy atom. The summed E-state index contributed by atoms with van der Waals surface area (Å²) in [4.78, 5) is 39.2. The molecule has 0 fully saturated rings. The third kappa shape index (κ3) is 3.92. The number of carbonyl (C=O) groups is 3. The van der Waals surface area contributed by atoms with Crippen molar-refractivity contribution in [2.45, 2.75) is 25.7 Å². The van der Waals surface area contributed by atoms with Crippen LogP contribution in [0.5, 0.6) is 0 Å². The molecule has 28 heavy (non-hydrogen) atoms. The fourth-order valence-corrected chi connectivity index (χ4v) is 2.85. The van der Waals surface area contributed by atoms with Crippen molar-refractivity contribution in [2.75, 3.05) is 5.32 Å². The highest BCUT2D eigenvalue weighted by molar-refractivity contribution is 6.19. The normalized spacial score (nSPS) is 17.8. The van der Waals surface area contributed by atoms with E-state index in [1.807, 2.05) is 24.3 Å². The van der Waals surface area contributed by atoms with Gasteiger partial charge in [-0.25, -0.2) is 5.01 Å². The first-order valence-corrected chi connectivity index (χ1v) is 8.60. The van der Waals surface area contributed by atoms with Gasteiger partial charge in [-0.3, -0.25) is 20.4 Å². The van der Waals surface area contributed by atoms with E-state index in [0.29, 0.717) is 5.69 Å². The minimum Gasteiger partial charge on any atom is -0.365 e. The zero-order chi connectivity index (χ0) is 20.3. The Kier molecular flexibility index (Phi) is 5.52. The van der Waals surface area contributed by atoms with Gasteiger partial charge >= 0.3 is 0 Å². The summed E-state index contributed by atoms with van der Waals surface area (Å²) in [5.74, 6) is 4.58. The lowest BCUT2D eigenvalue weighted by Gasteiger charge is -2.37. The Morgan fingerprint density at radius 1 is 1.39 bits per heavy atom. The predicted octanol–water partition coefficient (Wildman–Crippen LogP) is -0.500. The van der Waals surface area contributed by atoms with Gasteiger partial charge in [0.05, 0.1) is 5.52 Å². The summed E-state index contributed by atoms with van der Waals surface area (Å²) in [5.41, 5.74) is 6.56. The largest absolute Gasteiger partial charge is 0.365 e. The molecule has 0 aliphatic carbocycles. The van der Waals surface area contributed by atoms with Gasteiger partial charge in [-0.2, -0.15) is 0 Å². The number of aldehydes is 1. The predicted molar refractivity (Wildman–Crippen MR) is 103 cm³/mol. The maximum Gasteiger partial charge on any atom is 0.263 e. The summed E-state index contributed by atoms with van der Waals surface area (Å²) < 4.78 is 0. The van der Waals surface area contributed by atoms with Crippen LogP contribution in [0.4, 0.5) is 5.69 Å². The summed E-state index contributed by atoms with van der Waals surface area (Å²) in [5, 5.41) is 10.7. The van der Waals surface area contributed by atoms with Gasteiger partial charge in [-0.15, -0.1) is 0 Å². The quantitative estimate of drug-likeness (QED) is 0.185. The maximum absolute atomic E-state index is 12.4. The third-order valence-corrected chi connectivity index (χ3v) is 4.39. The Hall–Kier alpha value is -3.50. The lowest BCUT2D eigenvalue weighted by Crippen LogP contribution is -2.65. The van der Waals surface area contributed by atoms with Crippen LogP contribution in [0.2, 0.25) is 0 Å². The number of primary amides is 1. The van der Waals surface area contributed by atoms with Crippen LogP contribution in [0.3, 0.4) is 0 Å². The molecule has 0 saturated heterocycles. The average Bonchev–Trinajstić information content (AvgIpc) is 2.66. The Balaban J connectivity index is 1.91. The molecule has 1 aliphatic heterocycles. The maximum atomic E-state index is 12.4. The van der Waals surface area contributed by atoms with E-state index in [0.717, 1.165) is 17.2 Å². The molecule has 10 heteroatoms. The first kappa shape index (κ1) is 19.3. The standard InChI is InChI=1S/C18H21N7O3/c1-10(6-8-26)25(20)18-23-16(14(15(19)27)17(28)24-18)22-12-4-5-13-11(9-12)3-2-7-21-13/h2-5,7-10,18,22-23H,6,20H2,1H3,(H2,19,27)(H,24,28)/t10?,18-/m1/s1. The molecular formula is C18H21N7O3. The molecule has 0 spiro atoms. The Bertz CT molecular complexity index is 959. The van der Waals surface area contributed by atoms with Crippen LogP contribution in [-0.4, -0.2) is 40.4 Å². The summed E-state index contributed by atoms with van der Waals surface area (Å²) in [6, 6.07) is 8.75. The molecular weight excluding hydrogens is 362 g/mol. The van der Waals surface area contributed by atoms with Gasteiger partial charge in [-0.1, -0.05) is 6.07 Å². The van der Waals surface area contributed by atoms with Crippen molar-refractivity contribution in [1.82, 2.24) is 20.6 Å². The van der Waals surface area contributed by atoms with Crippen LogP contribution >= 0.6 is 0 Å². The van der Waals surface area contributed by atoms with Gasteiger partial charge in [0.25, 0.3) is 11.8 Å². The smallest absolute Gasteiger partial charge is 0.263 e. The number of hydrazine groups is 1. The fourth-order valence-electron chi connectivity index (χ4n) is 2.85. The summed E-state index contributed by atoms with van der Waals surface area (Å²) in [6.07, 6.45) is 1.77. The molecule has 2 atom stereocenters. The van der Waals surface area contributed by atoms with Crippen molar-refractivity contribution in [2.24, 2.45) is 11.6 Å². The minimum atomic E-state index is -0.891. The number of nitrogens with one attached hydrogen (secondary N) is 3. The number of aromatic nitrogens is 1.